The molecule has 2 N–H and O–H groups in total. The molecule has 0 aliphatic rings. The van der Waals surface area contributed by atoms with Crippen molar-refractivity contribution < 1.29 is 13.2 Å². The minimum absolute atomic E-state index is 0.207. The number of nitrogens with zero attached hydrogens (tertiary/aromatic N) is 2. The van der Waals surface area contributed by atoms with Crippen LogP contribution in [0, 0.1) is 0 Å². The van der Waals surface area contributed by atoms with Crippen molar-refractivity contribution in [2.45, 2.75) is 25.7 Å². The van der Waals surface area contributed by atoms with Crippen molar-refractivity contribution >= 4 is 0 Å². The Bertz CT molecular complexity index is 277. The van der Waals surface area contributed by atoms with Crippen molar-refractivity contribution in [3.05, 3.63) is 18.0 Å². The first-order valence-electron chi connectivity index (χ1n) is 3.76. The second-order valence-electron chi connectivity index (χ2n) is 2.90. The Morgan fingerprint density at radius 2 is 2.23 bits per heavy atom. The molecule has 0 amide bonds. The first kappa shape index (κ1) is 10.0. The summed E-state index contributed by atoms with van der Waals surface area (Å²) in [5.74, 6) is 0. The lowest BCUT2D eigenvalue weighted by molar-refractivity contribution is -0.141. The molecule has 1 rings (SSSR count). The predicted molar refractivity (Wildman–Crippen MR) is 40.9 cm³/mol. The molecule has 74 valence electrons. The van der Waals surface area contributed by atoms with Gasteiger partial charge >= 0.3 is 6.18 Å². The van der Waals surface area contributed by atoms with Crippen LogP contribution in [0.15, 0.2) is 12.3 Å². The molecule has 13 heavy (non-hydrogen) atoms. The van der Waals surface area contributed by atoms with E-state index in [1.165, 1.54) is 10.9 Å². The Morgan fingerprint density at radius 1 is 1.62 bits per heavy atom. The molecular weight excluding hydrogens is 183 g/mol. The molecule has 0 aromatic carbocycles. The molecule has 0 radical (unpaired) electrons. The topological polar surface area (TPSA) is 43.8 Å². The molecular formula is C7H10F3N3. The Balaban J connectivity index is 2.75. The van der Waals surface area contributed by atoms with E-state index >= 15 is 0 Å². The Hall–Kier alpha value is -1.04. The fourth-order valence-corrected chi connectivity index (χ4v) is 0.910. The van der Waals surface area contributed by atoms with Gasteiger partial charge in [-0.25, -0.2) is 0 Å². The van der Waals surface area contributed by atoms with Gasteiger partial charge < -0.3 is 5.73 Å². The van der Waals surface area contributed by atoms with Crippen LogP contribution in [0.1, 0.15) is 12.6 Å². The van der Waals surface area contributed by atoms with Crippen molar-refractivity contribution in [1.82, 2.24) is 9.78 Å². The van der Waals surface area contributed by atoms with E-state index in [1.54, 1.807) is 6.92 Å². The van der Waals surface area contributed by atoms with Crippen molar-refractivity contribution in [3.63, 3.8) is 0 Å². The van der Waals surface area contributed by atoms with Gasteiger partial charge in [0.1, 0.15) is 0 Å². The molecule has 1 heterocycles. The van der Waals surface area contributed by atoms with E-state index in [4.69, 9.17) is 5.73 Å². The number of halogens is 3. The Kier molecular flexibility index (Phi) is 2.60. The lowest BCUT2D eigenvalue weighted by Gasteiger charge is -2.05. The largest absolute Gasteiger partial charge is 0.435 e. The summed E-state index contributed by atoms with van der Waals surface area (Å²) in [6, 6.07) is 0.725. The summed E-state index contributed by atoms with van der Waals surface area (Å²) in [4.78, 5) is 0. The highest BCUT2D eigenvalue weighted by molar-refractivity contribution is 5.03. The third-order valence-electron chi connectivity index (χ3n) is 1.41. The first-order chi connectivity index (χ1) is 5.89. The molecule has 1 aromatic rings. The molecule has 0 aliphatic heterocycles. The monoisotopic (exact) mass is 193 g/mol. The molecule has 0 unspecified atom stereocenters. The third kappa shape index (κ3) is 2.73. The molecule has 0 saturated carbocycles. The van der Waals surface area contributed by atoms with Crippen LogP contribution < -0.4 is 5.73 Å². The van der Waals surface area contributed by atoms with Gasteiger partial charge in [0.25, 0.3) is 0 Å². The van der Waals surface area contributed by atoms with Gasteiger partial charge in [0, 0.05) is 12.2 Å². The zero-order chi connectivity index (χ0) is 10.1. The second kappa shape index (κ2) is 3.37. The Labute approximate surface area is 73.3 Å². The van der Waals surface area contributed by atoms with Crippen LogP contribution in [0.3, 0.4) is 0 Å². The molecule has 1 aromatic heterocycles. The minimum Gasteiger partial charge on any atom is -0.326 e. The fraction of sp³-hybridized carbons (Fsp3) is 0.571. The van der Waals surface area contributed by atoms with Gasteiger partial charge in [-0.05, 0) is 13.0 Å². The summed E-state index contributed by atoms with van der Waals surface area (Å²) in [5.41, 5.74) is 4.52. The van der Waals surface area contributed by atoms with Crippen LogP contribution in [-0.2, 0) is 12.7 Å². The zero-order valence-electron chi connectivity index (χ0n) is 7.04. The molecule has 6 heteroatoms. The fourth-order valence-electron chi connectivity index (χ4n) is 0.910. The van der Waals surface area contributed by atoms with Crippen LogP contribution in [0.2, 0.25) is 0 Å². The number of hydrogen-bond acceptors (Lipinski definition) is 2. The SMILES string of the molecule is C[C@H](N)Cn1ccc(C(F)(F)F)n1. The summed E-state index contributed by atoms with van der Waals surface area (Å²) in [5, 5.41) is 3.33. The summed E-state index contributed by atoms with van der Waals surface area (Å²) in [6.45, 7) is 1.99. The van der Waals surface area contributed by atoms with Gasteiger partial charge in [-0.1, -0.05) is 0 Å². The van der Waals surface area contributed by atoms with Crippen LogP contribution in [0.5, 0.6) is 0 Å². The number of rotatable bonds is 2. The molecule has 0 aliphatic carbocycles. The minimum atomic E-state index is -4.37. The summed E-state index contributed by atoms with van der Waals surface area (Å²) >= 11 is 0. The van der Waals surface area contributed by atoms with E-state index < -0.39 is 11.9 Å². The van der Waals surface area contributed by atoms with Gasteiger partial charge in [0.2, 0.25) is 0 Å². The first-order valence-corrected chi connectivity index (χ1v) is 3.76. The van der Waals surface area contributed by atoms with Crippen LogP contribution >= 0.6 is 0 Å². The van der Waals surface area contributed by atoms with E-state index in [2.05, 4.69) is 5.10 Å². The summed E-state index contributed by atoms with van der Waals surface area (Å²) in [6.07, 6.45) is -3.10. The van der Waals surface area contributed by atoms with Crippen molar-refractivity contribution in [1.29, 1.82) is 0 Å². The standard InChI is InChI=1S/C7H10F3N3/c1-5(11)4-13-3-2-6(12-13)7(8,9)10/h2-3,5H,4,11H2,1H3/t5-/m0/s1. The summed E-state index contributed by atoms with van der Waals surface area (Å²) in [7, 11) is 0. The maximum Gasteiger partial charge on any atom is 0.435 e. The predicted octanol–water partition coefficient (Wildman–Crippen LogP) is 1.25. The number of nitrogens with two attached hydrogens (primary N) is 1. The molecule has 0 saturated heterocycles. The zero-order valence-corrected chi connectivity index (χ0v) is 7.04. The average molecular weight is 193 g/mol. The second-order valence-corrected chi connectivity index (χ2v) is 2.90. The Morgan fingerprint density at radius 3 is 2.62 bits per heavy atom. The van der Waals surface area contributed by atoms with Gasteiger partial charge in [-0.15, -0.1) is 0 Å². The van der Waals surface area contributed by atoms with Gasteiger partial charge in [-0.2, -0.15) is 18.3 Å². The van der Waals surface area contributed by atoms with E-state index in [1.807, 2.05) is 0 Å². The van der Waals surface area contributed by atoms with E-state index in [0.29, 0.717) is 0 Å². The van der Waals surface area contributed by atoms with Crippen LogP contribution in [-0.4, -0.2) is 15.8 Å². The van der Waals surface area contributed by atoms with Crippen LogP contribution in [0.25, 0.3) is 0 Å². The molecule has 0 bridgehead atoms. The van der Waals surface area contributed by atoms with Crippen molar-refractivity contribution in [2.24, 2.45) is 5.73 Å². The highest BCUT2D eigenvalue weighted by Gasteiger charge is 2.33. The lowest BCUT2D eigenvalue weighted by Crippen LogP contribution is -2.22. The average Bonchev–Trinajstić information content (AvgIpc) is 2.32. The number of aromatic nitrogens is 2. The smallest absolute Gasteiger partial charge is 0.326 e. The molecule has 0 spiro atoms. The van der Waals surface area contributed by atoms with E-state index in [9.17, 15) is 13.2 Å². The number of hydrogen-bond donors (Lipinski definition) is 1. The lowest BCUT2D eigenvalue weighted by atomic mass is 10.4. The van der Waals surface area contributed by atoms with E-state index in [-0.39, 0.29) is 12.6 Å². The summed E-state index contributed by atoms with van der Waals surface area (Å²) < 4.78 is 37.3. The van der Waals surface area contributed by atoms with Gasteiger partial charge in [-0.3, -0.25) is 4.68 Å². The maximum absolute atomic E-state index is 12.0. The maximum atomic E-state index is 12.0. The quantitative estimate of drug-likeness (QED) is 0.768. The highest BCUT2D eigenvalue weighted by Crippen LogP contribution is 2.27. The van der Waals surface area contributed by atoms with Crippen LogP contribution in [0.4, 0.5) is 13.2 Å². The molecule has 0 fully saturated rings. The molecule has 1 atom stereocenters. The van der Waals surface area contributed by atoms with Crippen molar-refractivity contribution in [3.8, 4) is 0 Å². The van der Waals surface area contributed by atoms with E-state index in [0.717, 1.165) is 6.07 Å². The van der Waals surface area contributed by atoms with Gasteiger partial charge in [0.05, 0.1) is 6.54 Å². The van der Waals surface area contributed by atoms with Crippen molar-refractivity contribution in [2.75, 3.05) is 0 Å². The molecule has 3 nitrogen and oxygen atoms in total. The number of alkyl halides is 3. The van der Waals surface area contributed by atoms with Gasteiger partial charge in [0.15, 0.2) is 5.69 Å². The third-order valence-corrected chi connectivity index (χ3v) is 1.41. The highest BCUT2D eigenvalue weighted by atomic mass is 19.4. The normalized spacial score (nSPS) is 14.5.